The van der Waals surface area contributed by atoms with E-state index in [-0.39, 0.29) is 0 Å². The van der Waals surface area contributed by atoms with Crippen LogP contribution in [0.15, 0.2) is 30.3 Å². The Morgan fingerprint density at radius 1 is 1.35 bits per heavy atom. The number of hydrogen-bond acceptors (Lipinski definition) is 2. The van der Waals surface area contributed by atoms with Gasteiger partial charge in [-0.3, -0.25) is 0 Å². The van der Waals surface area contributed by atoms with Gasteiger partial charge in [-0.05, 0) is 37.5 Å². The zero-order chi connectivity index (χ0) is 12.1. The van der Waals surface area contributed by atoms with Crippen molar-refractivity contribution >= 4 is 6.08 Å². The van der Waals surface area contributed by atoms with Gasteiger partial charge in [0.1, 0.15) is 5.75 Å². The molecule has 2 atom stereocenters. The molecule has 0 amide bonds. The molecule has 0 spiro atoms. The molecule has 1 aliphatic heterocycles. The average Bonchev–Trinajstić information content (AvgIpc) is 2.37. The van der Waals surface area contributed by atoms with Crippen molar-refractivity contribution in [1.82, 2.24) is 5.32 Å². The second kappa shape index (κ2) is 5.87. The molecule has 92 valence electrons. The highest BCUT2D eigenvalue weighted by atomic mass is 16.5. The molecule has 1 aromatic carbocycles. The van der Waals surface area contributed by atoms with Gasteiger partial charge in [0.05, 0.1) is 7.11 Å². The van der Waals surface area contributed by atoms with Crippen LogP contribution in [0, 0.1) is 0 Å². The number of methoxy groups -OCH3 is 1. The molecule has 1 aromatic rings. The van der Waals surface area contributed by atoms with Crippen LogP contribution in [0.25, 0.3) is 6.08 Å². The number of rotatable bonds is 3. The lowest BCUT2D eigenvalue weighted by atomic mass is 9.99. The highest BCUT2D eigenvalue weighted by molar-refractivity contribution is 5.52. The van der Waals surface area contributed by atoms with E-state index in [4.69, 9.17) is 4.74 Å². The molecule has 2 nitrogen and oxygen atoms in total. The van der Waals surface area contributed by atoms with E-state index in [9.17, 15) is 0 Å². The predicted molar refractivity (Wildman–Crippen MR) is 72.3 cm³/mol. The smallest absolute Gasteiger partial charge is 0.119 e. The number of ether oxygens (including phenoxy) is 1. The quantitative estimate of drug-likeness (QED) is 0.862. The topological polar surface area (TPSA) is 21.3 Å². The second-order valence-electron chi connectivity index (χ2n) is 4.74. The molecule has 1 N–H and O–H groups in total. The lowest BCUT2D eigenvalue weighted by Crippen LogP contribution is -2.39. The standard InChI is InChI=1S/C15H21NO/c1-12-5-3-7-14(16-12)10-9-13-6-4-8-15(11-13)17-2/h4,6,8-12,14,16H,3,5,7H2,1-2H3/b10-9+. The molecule has 1 aliphatic rings. The van der Waals surface area contributed by atoms with Gasteiger partial charge in [0.15, 0.2) is 0 Å². The van der Waals surface area contributed by atoms with Crippen molar-refractivity contribution in [1.29, 1.82) is 0 Å². The number of piperidine rings is 1. The molecule has 2 heteroatoms. The third-order valence-electron chi connectivity index (χ3n) is 3.27. The lowest BCUT2D eigenvalue weighted by Gasteiger charge is -2.26. The van der Waals surface area contributed by atoms with E-state index >= 15 is 0 Å². The van der Waals surface area contributed by atoms with Crippen LogP contribution in [0.5, 0.6) is 5.75 Å². The van der Waals surface area contributed by atoms with Gasteiger partial charge in [-0.25, -0.2) is 0 Å². The Labute approximate surface area is 104 Å². The fourth-order valence-electron chi connectivity index (χ4n) is 2.30. The molecule has 0 saturated carbocycles. The van der Waals surface area contributed by atoms with Gasteiger partial charge in [-0.1, -0.05) is 30.7 Å². The summed E-state index contributed by atoms with van der Waals surface area (Å²) in [7, 11) is 1.70. The summed E-state index contributed by atoms with van der Waals surface area (Å²) in [5.74, 6) is 0.914. The number of hydrogen-bond donors (Lipinski definition) is 1. The molecular weight excluding hydrogens is 210 g/mol. The average molecular weight is 231 g/mol. The van der Waals surface area contributed by atoms with Gasteiger partial charge < -0.3 is 10.1 Å². The highest BCUT2D eigenvalue weighted by Gasteiger charge is 2.14. The van der Waals surface area contributed by atoms with Crippen LogP contribution in [-0.2, 0) is 0 Å². The van der Waals surface area contributed by atoms with Crippen molar-refractivity contribution in [2.75, 3.05) is 7.11 Å². The normalized spacial score (nSPS) is 25.1. The molecule has 1 heterocycles. The first-order chi connectivity index (χ1) is 8.28. The van der Waals surface area contributed by atoms with Crippen LogP contribution in [0.2, 0.25) is 0 Å². The summed E-state index contributed by atoms with van der Waals surface area (Å²) < 4.78 is 5.21. The molecule has 0 aromatic heterocycles. The van der Waals surface area contributed by atoms with E-state index in [1.807, 2.05) is 12.1 Å². The first-order valence-corrected chi connectivity index (χ1v) is 6.36. The molecule has 0 radical (unpaired) electrons. The highest BCUT2D eigenvalue weighted by Crippen LogP contribution is 2.16. The molecule has 1 fully saturated rings. The Balaban J connectivity index is 1.99. The molecule has 17 heavy (non-hydrogen) atoms. The van der Waals surface area contributed by atoms with E-state index in [0.29, 0.717) is 12.1 Å². The molecular formula is C15H21NO. The zero-order valence-corrected chi connectivity index (χ0v) is 10.6. The Kier molecular flexibility index (Phi) is 4.21. The van der Waals surface area contributed by atoms with Crippen molar-refractivity contribution in [3.8, 4) is 5.75 Å². The first kappa shape index (κ1) is 12.2. The van der Waals surface area contributed by atoms with Gasteiger partial charge in [-0.15, -0.1) is 0 Å². The van der Waals surface area contributed by atoms with Gasteiger partial charge in [0.2, 0.25) is 0 Å². The van der Waals surface area contributed by atoms with Crippen LogP contribution >= 0.6 is 0 Å². The summed E-state index contributed by atoms with van der Waals surface area (Å²) in [4.78, 5) is 0. The van der Waals surface area contributed by atoms with Crippen molar-refractivity contribution in [3.63, 3.8) is 0 Å². The molecule has 0 aliphatic carbocycles. The third kappa shape index (κ3) is 3.60. The van der Waals surface area contributed by atoms with E-state index < -0.39 is 0 Å². The largest absolute Gasteiger partial charge is 0.497 e. The lowest BCUT2D eigenvalue weighted by molar-refractivity contribution is 0.375. The van der Waals surface area contributed by atoms with Crippen LogP contribution in [0.1, 0.15) is 31.7 Å². The predicted octanol–water partition coefficient (Wildman–Crippen LogP) is 3.24. The minimum atomic E-state index is 0.518. The van der Waals surface area contributed by atoms with E-state index in [2.05, 4.69) is 36.5 Å². The van der Waals surface area contributed by atoms with Crippen LogP contribution < -0.4 is 10.1 Å². The van der Waals surface area contributed by atoms with Crippen molar-refractivity contribution in [2.45, 2.75) is 38.3 Å². The molecule has 1 saturated heterocycles. The summed E-state index contributed by atoms with van der Waals surface area (Å²) in [5.41, 5.74) is 1.20. The second-order valence-corrected chi connectivity index (χ2v) is 4.74. The summed E-state index contributed by atoms with van der Waals surface area (Å²) in [5, 5.41) is 3.60. The fraction of sp³-hybridized carbons (Fsp3) is 0.467. The Hall–Kier alpha value is -1.28. The van der Waals surface area contributed by atoms with Crippen LogP contribution in [0.4, 0.5) is 0 Å². The van der Waals surface area contributed by atoms with Crippen molar-refractivity contribution < 1.29 is 4.74 Å². The summed E-state index contributed by atoms with van der Waals surface area (Å²) >= 11 is 0. The van der Waals surface area contributed by atoms with Gasteiger partial charge in [0.25, 0.3) is 0 Å². The Morgan fingerprint density at radius 2 is 2.24 bits per heavy atom. The van der Waals surface area contributed by atoms with Crippen LogP contribution in [0.3, 0.4) is 0 Å². The van der Waals surface area contributed by atoms with Crippen LogP contribution in [-0.4, -0.2) is 19.2 Å². The van der Waals surface area contributed by atoms with Gasteiger partial charge in [0, 0.05) is 12.1 Å². The third-order valence-corrected chi connectivity index (χ3v) is 3.27. The van der Waals surface area contributed by atoms with E-state index in [0.717, 1.165) is 5.75 Å². The number of benzene rings is 1. The summed E-state index contributed by atoms with van der Waals surface area (Å²) in [6.07, 6.45) is 8.30. The minimum absolute atomic E-state index is 0.518. The summed E-state index contributed by atoms with van der Waals surface area (Å²) in [6.45, 7) is 2.26. The maximum Gasteiger partial charge on any atom is 0.119 e. The zero-order valence-electron chi connectivity index (χ0n) is 10.6. The summed E-state index contributed by atoms with van der Waals surface area (Å²) in [6, 6.07) is 9.32. The molecule has 2 rings (SSSR count). The van der Waals surface area contributed by atoms with E-state index in [1.54, 1.807) is 7.11 Å². The van der Waals surface area contributed by atoms with Crippen molar-refractivity contribution in [2.24, 2.45) is 0 Å². The number of nitrogens with one attached hydrogen (secondary N) is 1. The maximum absolute atomic E-state index is 5.21. The minimum Gasteiger partial charge on any atom is -0.497 e. The first-order valence-electron chi connectivity index (χ1n) is 6.36. The monoisotopic (exact) mass is 231 g/mol. The van der Waals surface area contributed by atoms with Crippen molar-refractivity contribution in [3.05, 3.63) is 35.9 Å². The van der Waals surface area contributed by atoms with Gasteiger partial charge >= 0.3 is 0 Å². The van der Waals surface area contributed by atoms with E-state index in [1.165, 1.54) is 24.8 Å². The SMILES string of the molecule is COc1cccc(/C=C/C2CCCC(C)N2)c1. The fourth-order valence-corrected chi connectivity index (χ4v) is 2.30. The molecule has 0 bridgehead atoms. The Morgan fingerprint density at radius 3 is 3.00 bits per heavy atom. The molecule has 2 unspecified atom stereocenters. The Bertz CT molecular complexity index is 386. The maximum atomic E-state index is 5.21. The van der Waals surface area contributed by atoms with Gasteiger partial charge in [-0.2, -0.15) is 0 Å².